The van der Waals surface area contributed by atoms with Gasteiger partial charge in [-0.05, 0) is 62.4 Å². The number of halogens is 1. The lowest BCUT2D eigenvalue weighted by molar-refractivity contribution is 0.102. The molecule has 0 aliphatic heterocycles. The summed E-state index contributed by atoms with van der Waals surface area (Å²) in [6.07, 6.45) is 1.28. The van der Waals surface area contributed by atoms with Gasteiger partial charge in [0.2, 0.25) is 0 Å². The molecular weight excluding hydrogens is 376 g/mol. The van der Waals surface area contributed by atoms with Crippen LogP contribution in [-0.2, 0) is 0 Å². The molecule has 0 aliphatic carbocycles. The highest BCUT2D eigenvalue weighted by molar-refractivity contribution is 6.30. The molecule has 0 spiro atoms. The quantitative estimate of drug-likeness (QED) is 0.654. The molecule has 0 unspecified atom stereocenters. The largest absolute Gasteiger partial charge is 0.372 e. The van der Waals surface area contributed by atoms with Crippen LogP contribution in [0.2, 0.25) is 5.02 Å². The minimum atomic E-state index is -0.507. The van der Waals surface area contributed by atoms with E-state index in [2.05, 4.69) is 34.0 Å². The van der Waals surface area contributed by atoms with Gasteiger partial charge in [0, 0.05) is 41.2 Å². The Bertz CT molecular complexity index is 1010. The molecule has 1 amide bonds. The van der Waals surface area contributed by atoms with Gasteiger partial charge in [0.05, 0.1) is 0 Å². The maximum Gasteiger partial charge on any atom is 0.264 e. The van der Waals surface area contributed by atoms with Crippen LogP contribution >= 0.6 is 11.6 Å². The van der Waals surface area contributed by atoms with E-state index in [-0.39, 0.29) is 5.56 Å². The molecule has 2 N–H and O–H groups in total. The third kappa shape index (κ3) is 4.40. The number of nitrogens with zero attached hydrogens (tertiary/aromatic N) is 2. The molecule has 0 aliphatic rings. The average Bonchev–Trinajstić information content (AvgIpc) is 2.70. The van der Waals surface area contributed by atoms with Gasteiger partial charge in [-0.2, -0.15) is 0 Å². The van der Waals surface area contributed by atoms with Crippen LogP contribution < -0.4 is 15.8 Å². The predicted molar refractivity (Wildman–Crippen MR) is 113 cm³/mol. The zero-order valence-electron chi connectivity index (χ0n) is 15.7. The average molecular weight is 397 g/mol. The summed E-state index contributed by atoms with van der Waals surface area (Å²) in [6, 6.07) is 14.4. The Kier molecular flexibility index (Phi) is 6.11. The van der Waals surface area contributed by atoms with Crippen molar-refractivity contribution in [2.45, 2.75) is 13.8 Å². The van der Waals surface area contributed by atoms with E-state index in [1.165, 1.54) is 6.20 Å². The molecule has 0 atom stereocenters. The van der Waals surface area contributed by atoms with Crippen LogP contribution in [-0.4, -0.2) is 29.0 Å². The van der Waals surface area contributed by atoms with Crippen molar-refractivity contribution in [3.63, 3.8) is 0 Å². The van der Waals surface area contributed by atoms with Gasteiger partial charge in [-0.1, -0.05) is 11.6 Å². The number of carbonyl (C=O) groups is 1. The molecule has 28 heavy (non-hydrogen) atoms. The fraction of sp³-hybridized carbons (Fsp3) is 0.190. The Labute approximate surface area is 168 Å². The van der Waals surface area contributed by atoms with E-state index in [1.54, 1.807) is 24.3 Å². The second-order valence-corrected chi connectivity index (χ2v) is 6.59. The van der Waals surface area contributed by atoms with Crippen LogP contribution in [0.3, 0.4) is 0 Å². The molecule has 2 aromatic carbocycles. The second kappa shape index (κ2) is 8.71. The van der Waals surface area contributed by atoms with E-state index in [4.69, 9.17) is 11.6 Å². The molecule has 1 heterocycles. The standard InChI is InChI=1S/C21H21ClN4O2/c1-3-26(4-2)17-11-9-16(10-12-17)24-20(27)18-13-23-19(25-21(18)28)14-5-7-15(22)8-6-14/h5-13H,3-4H2,1-2H3,(H,24,27)(H,23,25,28). The van der Waals surface area contributed by atoms with Gasteiger partial charge in [0.1, 0.15) is 11.4 Å². The highest BCUT2D eigenvalue weighted by Gasteiger charge is 2.13. The Balaban J connectivity index is 1.75. The van der Waals surface area contributed by atoms with Gasteiger partial charge in [0.15, 0.2) is 0 Å². The number of aromatic nitrogens is 2. The van der Waals surface area contributed by atoms with Gasteiger partial charge in [-0.15, -0.1) is 0 Å². The van der Waals surface area contributed by atoms with Crippen molar-refractivity contribution in [3.05, 3.63) is 75.7 Å². The van der Waals surface area contributed by atoms with Crippen LogP contribution in [0.5, 0.6) is 0 Å². The van der Waals surface area contributed by atoms with Crippen LogP contribution in [0, 0.1) is 0 Å². The number of anilines is 2. The van der Waals surface area contributed by atoms with Crippen molar-refractivity contribution in [1.82, 2.24) is 9.97 Å². The highest BCUT2D eigenvalue weighted by atomic mass is 35.5. The molecule has 0 bridgehead atoms. The smallest absolute Gasteiger partial charge is 0.264 e. The molecule has 0 saturated heterocycles. The molecule has 0 fully saturated rings. The summed E-state index contributed by atoms with van der Waals surface area (Å²) in [5.74, 6) is -0.131. The van der Waals surface area contributed by atoms with Crippen LogP contribution in [0.1, 0.15) is 24.2 Å². The monoisotopic (exact) mass is 396 g/mol. The number of aromatic amines is 1. The van der Waals surface area contributed by atoms with Crippen molar-refractivity contribution in [1.29, 1.82) is 0 Å². The topological polar surface area (TPSA) is 78.1 Å². The summed E-state index contributed by atoms with van der Waals surface area (Å²) in [5.41, 5.74) is 1.85. The summed E-state index contributed by atoms with van der Waals surface area (Å²) < 4.78 is 0. The predicted octanol–water partition coefficient (Wildman–Crippen LogP) is 4.19. The van der Waals surface area contributed by atoms with Crippen LogP contribution in [0.4, 0.5) is 11.4 Å². The van der Waals surface area contributed by atoms with Gasteiger partial charge in [0.25, 0.3) is 11.5 Å². The molecule has 3 rings (SSSR count). The number of benzene rings is 2. The van der Waals surface area contributed by atoms with Gasteiger partial charge in [-0.25, -0.2) is 4.98 Å². The number of amides is 1. The fourth-order valence-electron chi connectivity index (χ4n) is 2.85. The lowest BCUT2D eigenvalue weighted by Crippen LogP contribution is -2.24. The number of nitrogens with one attached hydrogen (secondary N) is 2. The Morgan fingerprint density at radius 2 is 1.71 bits per heavy atom. The number of carbonyl (C=O) groups excluding carboxylic acids is 1. The maximum absolute atomic E-state index is 12.5. The minimum absolute atomic E-state index is 0.0504. The maximum atomic E-state index is 12.5. The van der Waals surface area contributed by atoms with Gasteiger partial charge < -0.3 is 15.2 Å². The molecule has 0 radical (unpaired) electrons. The summed E-state index contributed by atoms with van der Waals surface area (Å²) in [7, 11) is 0. The first-order valence-corrected chi connectivity index (χ1v) is 9.41. The van der Waals surface area contributed by atoms with Crippen molar-refractivity contribution < 1.29 is 4.79 Å². The van der Waals surface area contributed by atoms with Crippen molar-refractivity contribution in [2.24, 2.45) is 0 Å². The first-order valence-electron chi connectivity index (χ1n) is 9.03. The van der Waals surface area contributed by atoms with Gasteiger partial charge >= 0.3 is 0 Å². The summed E-state index contributed by atoms with van der Waals surface area (Å²) in [4.78, 5) is 33.8. The van der Waals surface area contributed by atoms with E-state index >= 15 is 0 Å². The third-order valence-corrected chi connectivity index (χ3v) is 4.67. The van der Waals surface area contributed by atoms with Crippen LogP contribution in [0.15, 0.2) is 59.5 Å². The number of hydrogen-bond donors (Lipinski definition) is 2. The Hall–Kier alpha value is -3.12. The molecule has 0 saturated carbocycles. The summed E-state index contributed by atoms with van der Waals surface area (Å²) in [6.45, 7) is 5.99. The summed E-state index contributed by atoms with van der Waals surface area (Å²) in [5, 5.41) is 3.32. The van der Waals surface area contributed by atoms with E-state index < -0.39 is 11.5 Å². The van der Waals surface area contributed by atoms with E-state index in [0.29, 0.717) is 22.1 Å². The normalized spacial score (nSPS) is 10.5. The Morgan fingerprint density at radius 3 is 2.29 bits per heavy atom. The highest BCUT2D eigenvalue weighted by Crippen LogP contribution is 2.19. The first-order chi connectivity index (χ1) is 13.5. The molecule has 6 nitrogen and oxygen atoms in total. The number of rotatable bonds is 6. The number of hydrogen-bond acceptors (Lipinski definition) is 4. The molecule has 7 heteroatoms. The fourth-order valence-corrected chi connectivity index (χ4v) is 2.98. The van der Waals surface area contributed by atoms with E-state index in [1.807, 2.05) is 24.3 Å². The zero-order chi connectivity index (χ0) is 20.1. The SMILES string of the molecule is CCN(CC)c1ccc(NC(=O)c2cnc(-c3ccc(Cl)cc3)[nH]c2=O)cc1. The van der Waals surface area contributed by atoms with Crippen molar-refractivity contribution in [2.75, 3.05) is 23.3 Å². The first kappa shape index (κ1) is 19.6. The van der Waals surface area contributed by atoms with Crippen LogP contribution in [0.25, 0.3) is 11.4 Å². The van der Waals surface area contributed by atoms with Crippen molar-refractivity contribution in [3.8, 4) is 11.4 Å². The van der Waals surface area contributed by atoms with Gasteiger partial charge in [-0.3, -0.25) is 9.59 Å². The summed E-state index contributed by atoms with van der Waals surface area (Å²) >= 11 is 5.87. The molecule has 144 valence electrons. The third-order valence-electron chi connectivity index (χ3n) is 4.42. The molecule has 1 aromatic heterocycles. The molecular formula is C21H21ClN4O2. The lowest BCUT2D eigenvalue weighted by Gasteiger charge is -2.21. The van der Waals surface area contributed by atoms with E-state index in [9.17, 15) is 9.59 Å². The second-order valence-electron chi connectivity index (χ2n) is 6.15. The Morgan fingerprint density at radius 1 is 1.07 bits per heavy atom. The van der Waals surface area contributed by atoms with Crippen molar-refractivity contribution >= 4 is 28.9 Å². The van der Waals surface area contributed by atoms with E-state index in [0.717, 1.165) is 18.8 Å². The molecule has 3 aromatic rings. The number of H-pyrrole nitrogens is 1. The zero-order valence-corrected chi connectivity index (χ0v) is 16.5. The lowest BCUT2D eigenvalue weighted by atomic mass is 10.2. The minimum Gasteiger partial charge on any atom is -0.372 e.